The molecule has 2 unspecified atom stereocenters. The third-order valence-corrected chi connectivity index (χ3v) is 6.80. The van der Waals surface area contributed by atoms with Gasteiger partial charge in [-0.3, -0.25) is 9.88 Å². The molecule has 1 amide bonds. The molecule has 3 saturated heterocycles. The van der Waals surface area contributed by atoms with Crippen molar-refractivity contribution in [1.29, 1.82) is 5.26 Å². The normalized spacial score (nSPS) is 20.8. The number of nitrogens with zero attached hydrogens (tertiary/aromatic N) is 7. The number of hydrogen-bond donors (Lipinski definition) is 0. The molecule has 4 aliphatic rings. The number of rotatable bonds is 3. The summed E-state index contributed by atoms with van der Waals surface area (Å²) in [6.45, 7) is 7.11. The summed E-state index contributed by atoms with van der Waals surface area (Å²) in [5, 5.41) is 13.9. The first-order valence-electron chi connectivity index (χ1n) is 12.1. The zero-order valence-electron chi connectivity index (χ0n) is 20.7. The van der Waals surface area contributed by atoms with Crippen LogP contribution in [0.25, 0.3) is 22.3 Å². The monoisotopic (exact) mass is 499 g/mol. The maximum absolute atomic E-state index is 12.6. The average molecular weight is 500 g/mol. The molecular formula is C26H25N7O4. The van der Waals surface area contributed by atoms with Crippen molar-refractivity contribution in [2.45, 2.75) is 44.9 Å². The molecule has 11 heteroatoms. The number of amides is 1. The maximum atomic E-state index is 12.6. The molecule has 2 atom stereocenters. The summed E-state index contributed by atoms with van der Waals surface area (Å²) in [7, 11) is 0. The Balaban J connectivity index is 1.27. The van der Waals surface area contributed by atoms with E-state index in [9.17, 15) is 14.9 Å². The lowest BCUT2D eigenvalue weighted by molar-refractivity contribution is -0.134. The molecule has 4 aliphatic heterocycles. The molecule has 0 spiro atoms. The van der Waals surface area contributed by atoms with Gasteiger partial charge in [0, 0.05) is 42.1 Å². The fraction of sp³-hybridized carbons (Fsp3) is 0.385. The van der Waals surface area contributed by atoms with Crippen molar-refractivity contribution >= 4 is 29.0 Å². The topological polar surface area (TPSA) is 126 Å². The minimum Gasteiger partial charge on any atom is -0.458 e. The molecule has 0 aromatic carbocycles. The first kappa shape index (κ1) is 23.0. The zero-order chi connectivity index (χ0) is 25.9. The van der Waals surface area contributed by atoms with Crippen LogP contribution in [0.3, 0.4) is 0 Å². The first-order chi connectivity index (χ1) is 17.7. The van der Waals surface area contributed by atoms with Crippen LogP contribution in [0, 0.1) is 11.3 Å². The van der Waals surface area contributed by atoms with Gasteiger partial charge >= 0.3 is 12.1 Å². The van der Waals surface area contributed by atoms with E-state index in [1.54, 1.807) is 23.1 Å². The quantitative estimate of drug-likeness (QED) is 0.500. The SMILES string of the molecule is CC(C)(C)OC(=O)N1C2CC1CN(c1cnc(-c3cc(C4=CC(=O)OC4)cn4ncc(C#N)c34)cn1)C2. The number of anilines is 1. The lowest BCUT2D eigenvalue weighted by Gasteiger charge is -2.55. The fourth-order valence-electron chi connectivity index (χ4n) is 5.15. The molecule has 0 N–H and O–H groups in total. The van der Waals surface area contributed by atoms with E-state index >= 15 is 0 Å². The van der Waals surface area contributed by atoms with Gasteiger partial charge in [0.05, 0.1) is 47.4 Å². The van der Waals surface area contributed by atoms with Crippen LogP contribution in [0.5, 0.6) is 0 Å². The Hall–Kier alpha value is -4.46. The van der Waals surface area contributed by atoms with Crippen molar-refractivity contribution in [3.05, 3.63) is 48.1 Å². The number of pyridine rings is 1. The van der Waals surface area contributed by atoms with Gasteiger partial charge in [-0.15, -0.1) is 0 Å². The number of aromatic nitrogens is 4. The van der Waals surface area contributed by atoms with E-state index in [-0.39, 0.29) is 30.8 Å². The van der Waals surface area contributed by atoms with E-state index in [0.29, 0.717) is 35.4 Å². The van der Waals surface area contributed by atoms with Crippen LogP contribution in [-0.2, 0) is 14.3 Å². The number of carbonyl (C=O) groups excluding carboxylic acids is 2. The molecule has 0 radical (unpaired) electrons. The van der Waals surface area contributed by atoms with E-state index in [1.807, 2.05) is 31.7 Å². The Labute approximate surface area is 212 Å². The van der Waals surface area contributed by atoms with Gasteiger partial charge in [0.25, 0.3) is 0 Å². The van der Waals surface area contributed by atoms with Crippen LogP contribution in [0.15, 0.2) is 36.9 Å². The molecule has 37 heavy (non-hydrogen) atoms. The number of hydrogen-bond acceptors (Lipinski definition) is 9. The van der Waals surface area contributed by atoms with Gasteiger partial charge in [-0.05, 0) is 33.3 Å². The highest BCUT2D eigenvalue weighted by Crippen LogP contribution is 2.36. The summed E-state index contributed by atoms with van der Waals surface area (Å²) in [5.74, 6) is 0.338. The van der Waals surface area contributed by atoms with Crippen molar-refractivity contribution in [2.75, 3.05) is 24.6 Å². The smallest absolute Gasteiger partial charge is 0.410 e. The summed E-state index contributed by atoms with van der Waals surface area (Å²) in [6.07, 6.45) is 8.81. The molecule has 0 saturated carbocycles. The van der Waals surface area contributed by atoms with E-state index in [0.717, 1.165) is 23.4 Å². The molecule has 3 aromatic heterocycles. The second-order valence-corrected chi connectivity index (χ2v) is 10.5. The van der Waals surface area contributed by atoms with Crippen LogP contribution in [0.2, 0.25) is 0 Å². The average Bonchev–Trinajstić information content (AvgIpc) is 3.48. The van der Waals surface area contributed by atoms with Crippen LogP contribution >= 0.6 is 0 Å². The standard InChI is InChI=1S/C26H25N7O4/c1-26(2,3)37-25(35)33-18-6-19(33)13-31(12-18)22-10-28-21(9-29-22)20-4-15(16-5-23(34)36-14-16)11-32-24(20)17(7-27)8-30-32/h4-5,8-11,18-19H,6,12-14H2,1-3H3. The molecule has 7 rings (SSSR count). The molecule has 188 valence electrons. The lowest BCUT2D eigenvalue weighted by atomic mass is 9.88. The molecule has 0 aliphatic carbocycles. The Morgan fingerprint density at radius 3 is 2.59 bits per heavy atom. The third kappa shape index (κ3) is 4.04. The first-order valence-corrected chi connectivity index (χ1v) is 12.1. The summed E-state index contributed by atoms with van der Waals surface area (Å²) < 4.78 is 12.2. The van der Waals surface area contributed by atoms with Gasteiger partial charge in [-0.2, -0.15) is 10.4 Å². The zero-order valence-corrected chi connectivity index (χ0v) is 20.7. The van der Waals surface area contributed by atoms with Crippen LogP contribution in [-0.4, -0.2) is 73.9 Å². The highest BCUT2D eigenvalue weighted by atomic mass is 16.6. The number of fused-ring (bicyclic) bond motifs is 3. The van der Waals surface area contributed by atoms with Gasteiger partial charge in [0.1, 0.15) is 24.1 Å². The van der Waals surface area contributed by atoms with Crippen LogP contribution < -0.4 is 4.90 Å². The Bertz CT molecular complexity index is 1480. The van der Waals surface area contributed by atoms with E-state index in [4.69, 9.17) is 9.47 Å². The van der Waals surface area contributed by atoms with E-state index < -0.39 is 5.60 Å². The van der Waals surface area contributed by atoms with Crippen LogP contribution in [0.1, 0.15) is 38.3 Å². The number of nitriles is 1. The summed E-state index contributed by atoms with van der Waals surface area (Å²) in [5.41, 5.74) is 3.26. The van der Waals surface area contributed by atoms with E-state index in [2.05, 4.69) is 26.0 Å². The molecule has 3 aromatic rings. The summed E-state index contributed by atoms with van der Waals surface area (Å²) in [6, 6.07) is 4.23. The Morgan fingerprint density at radius 1 is 1.19 bits per heavy atom. The fourth-order valence-corrected chi connectivity index (χ4v) is 5.15. The molecule has 7 heterocycles. The number of piperidine rings is 1. The lowest BCUT2D eigenvalue weighted by Crippen LogP contribution is -2.70. The van der Waals surface area contributed by atoms with Gasteiger partial charge in [-0.25, -0.2) is 19.1 Å². The Kier molecular flexibility index (Phi) is 5.15. The van der Waals surface area contributed by atoms with Crippen molar-refractivity contribution < 1.29 is 19.1 Å². The molecule has 3 fully saturated rings. The molecule has 2 bridgehead atoms. The highest BCUT2D eigenvalue weighted by molar-refractivity contribution is 5.97. The highest BCUT2D eigenvalue weighted by Gasteiger charge is 2.49. The predicted molar refractivity (Wildman–Crippen MR) is 132 cm³/mol. The molecule has 11 nitrogen and oxygen atoms in total. The predicted octanol–water partition coefficient (Wildman–Crippen LogP) is 2.80. The second-order valence-electron chi connectivity index (χ2n) is 10.5. The van der Waals surface area contributed by atoms with Crippen molar-refractivity contribution in [1.82, 2.24) is 24.5 Å². The summed E-state index contributed by atoms with van der Waals surface area (Å²) >= 11 is 0. The van der Waals surface area contributed by atoms with Crippen molar-refractivity contribution in [3.8, 4) is 17.3 Å². The maximum Gasteiger partial charge on any atom is 0.410 e. The van der Waals surface area contributed by atoms with E-state index in [1.165, 1.54) is 12.3 Å². The number of esters is 1. The number of piperazine rings is 1. The largest absolute Gasteiger partial charge is 0.458 e. The van der Waals surface area contributed by atoms with Gasteiger partial charge in [-0.1, -0.05) is 0 Å². The minimum absolute atomic E-state index is 0.0842. The third-order valence-electron chi connectivity index (χ3n) is 6.80. The van der Waals surface area contributed by atoms with Gasteiger partial charge in [0.2, 0.25) is 0 Å². The number of carbonyl (C=O) groups is 2. The number of cyclic esters (lactones) is 1. The second kappa shape index (κ2) is 8.30. The van der Waals surface area contributed by atoms with Gasteiger partial charge in [0.15, 0.2) is 0 Å². The number of ether oxygens (including phenoxy) is 2. The van der Waals surface area contributed by atoms with Crippen LogP contribution in [0.4, 0.5) is 10.6 Å². The van der Waals surface area contributed by atoms with Gasteiger partial charge < -0.3 is 14.4 Å². The Morgan fingerprint density at radius 2 is 1.97 bits per heavy atom. The van der Waals surface area contributed by atoms with Crippen molar-refractivity contribution in [3.63, 3.8) is 0 Å². The summed E-state index contributed by atoms with van der Waals surface area (Å²) in [4.78, 5) is 37.5. The molecular weight excluding hydrogens is 474 g/mol. The van der Waals surface area contributed by atoms with Crippen molar-refractivity contribution in [2.24, 2.45) is 0 Å². The minimum atomic E-state index is -0.525.